The fraction of sp³-hybridized carbons (Fsp3) is 0.550. The Balaban J connectivity index is 1.42. The summed E-state index contributed by atoms with van der Waals surface area (Å²) in [4.78, 5) is 15.0. The zero-order chi connectivity index (χ0) is 15.8. The van der Waals surface area contributed by atoms with Crippen LogP contribution < -0.4 is 4.74 Å². The van der Waals surface area contributed by atoms with Gasteiger partial charge in [-0.05, 0) is 62.1 Å². The van der Waals surface area contributed by atoms with Crippen LogP contribution in [0.1, 0.15) is 44.1 Å². The molecule has 4 rings (SSSR count). The number of hydrogen-bond acceptors (Lipinski definition) is 2. The number of methoxy groups -OCH3 is 1. The minimum absolute atomic E-state index is 0.299. The molecular weight excluding hydrogens is 286 g/mol. The van der Waals surface area contributed by atoms with Crippen molar-refractivity contribution in [3.63, 3.8) is 0 Å². The predicted octanol–water partition coefficient (Wildman–Crippen LogP) is 3.73. The Labute approximate surface area is 138 Å². The van der Waals surface area contributed by atoms with Gasteiger partial charge in [-0.15, -0.1) is 0 Å². The Morgan fingerprint density at radius 1 is 1.13 bits per heavy atom. The molecule has 0 radical (unpaired) electrons. The van der Waals surface area contributed by atoms with Gasteiger partial charge in [0.25, 0.3) is 0 Å². The fourth-order valence-corrected chi connectivity index (χ4v) is 4.20. The Bertz CT molecular complexity index is 599. The summed E-state index contributed by atoms with van der Waals surface area (Å²) in [5.41, 5.74) is 2.70. The van der Waals surface area contributed by atoms with Crippen LogP contribution in [0.15, 0.2) is 35.9 Å². The molecule has 0 aromatic heterocycles. The third-order valence-electron chi connectivity index (χ3n) is 5.51. The minimum Gasteiger partial charge on any atom is -0.497 e. The van der Waals surface area contributed by atoms with E-state index in [2.05, 4.69) is 11.0 Å². The first-order chi connectivity index (χ1) is 11.2. The average Bonchev–Trinajstić information content (AvgIpc) is 3.32. The lowest BCUT2D eigenvalue weighted by molar-refractivity contribution is -0.134. The molecule has 3 heteroatoms. The van der Waals surface area contributed by atoms with Crippen LogP contribution in [-0.2, 0) is 11.2 Å². The maximum atomic E-state index is 12.8. The SMILES string of the molecule is COc1ccc(CC(=O)N2C3CCC2CC(=CC2CC2)C3)cc1. The molecule has 0 spiro atoms. The van der Waals surface area contributed by atoms with E-state index in [1.165, 1.54) is 25.7 Å². The van der Waals surface area contributed by atoms with Gasteiger partial charge in [-0.1, -0.05) is 23.8 Å². The van der Waals surface area contributed by atoms with Gasteiger partial charge < -0.3 is 9.64 Å². The predicted molar refractivity (Wildman–Crippen MR) is 90.4 cm³/mol. The van der Waals surface area contributed by atoms with Gasteiger partial charge in [-0.25, -0.2) is 0 Å². The van der Waals surface area contributed by atoms with Crippen molar-refractivity contribution in [2.75, 3.05) is 7.11 Å². The van der Waals surface area contributed by atoms with Gasteiger partial charge in [0, 0.05) is 12.1 Å². The third-order valence-corrected chi connectivity index (χ3v) is 5.51. The van der Waals surface area contributed by atoms with Crippen molar-refractivity contribution in [3.05, 3.63) is 41.5 Å². The molecule has 2 atom stereocenters. The minimum atomic E-state index is 0.299. The quantitative estimate of drug-likeness (QED) is 0.793. The molecule has 23 heavy (non-hydrogen) atoms. The topological polar surface area (TPSA) is 29.5 Å². The summed E-state index contributed by atoms with van der Waals surface area (Å²) < 4.78 is 5.18. The molecule has 3 fully saturated rings. The van der Waals surface area contributed by atoms with Crippen LogP contribution in [0.3, 0.4) is 0 Å². The number of hydrogen-bond donors (Lipinski definition) is 0. The molecule has 2 aliphatic heterocycles. The Kier molecular flexibility index (Phi) is 3.88. The van der Waals surface area contributed by atoms with Gasteiger partial charge in [0.2, 0.25) is 5.91 Å². The number of fused-ring (bicyclic) bond motifs is 2. The Hall–Kier alpha value is -1.77. The summed E-state index contributed by atoms with van der Waals surface area (Å²) in [7, 11) is 1.67. The molecule has 1 saturated carbocycles. The summed E-state index contributed by atoms with van der Waals surface area (Å²) in [6.45, 7) is 0. The molecule has 1 aliphatic carbocycles. The van der Waals surface area contributed by atoms with E-state index in [-0.39, 0.29) is 0 Å². The molecule has 3 aliphatic rings. The number of ether oxygens (including phenoxy) is 1. The van der Waals surface area contributed by atoms with E-state index in [0.29, 0.717) is 24.4 Å². The van der Waals surface area contributed by atoms with Gasteiger partial charge in [0.1, 0.15) is 5.75 Å². The molecular formula is C20H25NO2. The summed E-state index contributed by atoms with van der Waals surface area (Å²) in [5, 5.41) is 0. The monoisotopic (exact) mass is 311 g/mol. The number of nitrogens with zero attached hydrogens (tertiary/aromatic N) is 1. The lowest BCUT2D eigenvalue weighted by atomic mass is 9.94. The Morgan fingerprint density at radius 2 is 1.78 bits per heavy atom. The number of amides is 1. The normalized spacial score (nSPS) is 26.3. The van der Waals surface area contributed by atoms with Crippen molar-refractivity contribution in [2.24, 2.45) is 5.92 Å². The maximum Gasteiger partial charge on any atom is 0.227 e. The zero-order valence-electron chi connectivity index (χ0n) is 13.8. The van der Waals surface area contributed by atoms with Crippen LogP contribution in [0.5, 0.6) is 5.75 Å². The van der Waals surface area contributed by atoms with E-state index < -0.39 is 0 Å². The van der Waals surface area contributed by atoms with E-state index in [1.54, 1.807) is 12.7 Å². The molecule has 2 saturated heterocycles. The molecule has 2 unspecified atom stereocenters. The van der Waals surface area contributed by atoms with E-state index in [4.69, 9.17) is 4.74 Å². The van der Waals surface area contributed by atoms with E-state index >= 15 is 0 Å². The van der Waals surface area contributed by atoms with Gasteiger partial charge in [-0.3, -0.25) is 4.79 Å². The third kappa shape index (κ3) is 3.15. The first-order valence-corrected chi connectivity index (χ1v) is 8.86. The smallest absolute Gasteiger partial charge is 0.227 e. The summed E-state index contributed by atoms with van der Waals surface area (Å²) in [5.74, 6) is 1.99. The van der Waals surface area contributed by atoms with Crippen molar-refractivity contribution in [1.82, 2.24) is 4.90 Å². The molecule has 1 aromatic carbocycles. The van der Waals surface area contributed by atoms with Crippen LogP contribution in [-0.4, -0.2) is 30.0 Å². The highest BCUT2D eigenvalue weighted by Crippen LogP contribution is 2.41. The highest BCUT2D eigenvalue weighted by Gasteiger charge is 2.41. The number of rotatable bonds is 4. The molecule has 3 nitrogen and oxygen atoms in total. The summed E-state index contributed by atoms with van der Waals surface area (Å²) >= 11 is 0. The number of carbonyl (C=O) groups is 1. The highest BCUT2D eigenvalue weighted by atomic mass is 16.5. The second kappa shape index (κ2) is 6.03. The lowest BCUT2D eigenvalue weighted by Gasteiger charge is -2.36. The molecule has 1 aromatic rings. The Morgan fingerprint density at radius 3 is 2.35 bits per heavy atom. The van der Waals surface area contributed by atoms with Crippen molar-refractivity contribution in [2.45, 2.75) is 57.0 Å². The zero-order valence-corrected chi connectivity index (χ0v) is 13.8. The number of benzene rings is 1. The first-order valence-electron chi connectivity index (χ1n) is 8.86. The lowest BCUT2D eigenvalue weighted by Crippen LogP contribution is -2.45. The number of carbonyl (C=O) groups excluding carboxylic acids is 1. The molecule has 0 N–H and O–H groups in total. The van der Waals surface area contributed by atoms with Crippen LogP contribution in [0.25, 0.3) is 0 Å². The fourth-order valence-electron chi connectivity index (χ4n) is 4.20. The first kappa shape index (κ1) is 14.8. The van der Waals surface area contributed by atoms with Gasteiger partial charge in [0.15, 0.2) is 0 Å². The second-order valence-corrected chi connectivity index (χ2v) is 7.28. The molecule has 2 bridgehead atoms. The van der Waals surface area contributed by atoms with Gasteiger partial charge >= 0.3 is 0 Å². The van der Waals surface area contributed by atoms with Crippen molar-refractivity contribution < 1.29 is 9.53 Å². The van der Waals surface area contributed by atoms with Crippen molar-refractivity contribution >= 4 is 5.91 Å². The van der Waals surface area contributed by atoms with Crippen LogP contribution in [0, 0.1) is 5.92 Å². The molecule has 2 heterocycles. The van der Waals surface area contributed by atoms with Crippen LogP contribution >= 0.6 is 0 Å². The number of allylic oxidation sites excluding steroid dienone is 1. The largest absolute Gasteiger partial charge is 0.497 e. The van der Waals surface area contributed by atoms with Crippen molar-refractivity contribution in [1.29, 1.82) is 0 Å². The standard InChI is InChI=1S/C20H25NO2/c1-23-19-8-4-15(5-9-19)13-20(22)21-17-6-7-18(21)12-16(11-17)10-14-2-3-14/h4-5,8-10,14,17-18H,2-3,6-7,11-13H2,1H3. The highest BCUT2D eigenvalue weighted by molar-refractivity contribution is 5.80. The van der Waals surface area contributed by atoms with Crippen molar-refractivity contribution in [3.8, 4) is 5.75 Å². The van der Waals surface area contributed by atoms with E-state index in [9.17, 15) is 4.79 Å². The van der Waals surface area contributed by atoms with E-state index in [0.717, 1.165) is 30.1 Å². The number of piperidine rings is 1. The second-order valence-electron chi connectivity index (χ2n) is 7.28. The summed E-state index contributed by atoms with van der Waals surface area (Å²) in [6, 6.07) is 8.77. The average molecular weight is 311 g/mol. The van der Waals surface area contributed by atoms with Gasteiger partial charge in [0.05, 0.1) is 13.5 Å². The van der Waals surface area contributed by atoms with E-state index in [1.807, 2.05) is 24.3 Å². The van der Waals surface area contributed by atoms with Crippen LogP contribution in [0.4, 0.5) is 0 Å². The molecule has 1 amide bonds. The molecule has 122 valence electrons. The van der Waals surface area contributed by atoms with Crippen LogP contribution in [0.2, 0.25) is 0 Å². The summed E-state index contributed by atoms with van der Waals surface area (Å²) in [6.07, 6.45) is 10.4. The maximum absolute atomic E-state index is 12.8. The van der Waals surface area contributed by atoms with Gasteiger partial charge in [-0.2, -0.15) is 0 Å².